The Morgan fingerprint density at radius 2 is 2.36 bits per heavy atom. The summed E-state index contributed by atoms with van der Waals surface area (Å²) in [6.07, 6.45) is 3.53. The second-order valence-electron chi connectivity index (χ2n) is 2.79. The number of aliphatic hydroxyl groups is 1. The minimum Gasteiger partial charge on any atom is -0.395 e. The van der Waals surface area contributed by atoms with Gasteiger partial charge >= 0.3 is 0 Å². The molecule has 1 aromatic heterocycles. The van der Waals surface area contributed by atoms with E-state index in [1.54, 1.807) is 12.3 Å². The monoisotopic (exact) mass is 256 g/mol. The Balaban J connectivity index is 2.76. The van der Waals surface area contributed by atoms with Crippen LogP contribution in [-0.2, 0) is 0 Å². The lowest BCUT2D eigenvalue weighted by atomic mass is 10.4. The zero-order chi connectivity index (χ0) is 10.4. The molecule has 4 heteroatoms. The molecule has 0 aliphatic heterocycles. The summed E-state index contributed by atoms with van der Waals surface area (Å²) < 4.78 is 0.948. The largest absolute Gasteiger partial charge is 0.395 e. The zero-order valence-corrected chi connectivity index (χ0v) is 9.44. The van der Waals surface area contributed by atoms with Gasteiger partial charge in [0.2, 0.25) is 0 Å². The summed E-state index contributed by atoms with van der Waals surface area (Å²) in [6.45, 7) is 5.04. The molecule has 1 rings (SSSR count). The van der Waals surface area contributed by atoms with E-state index in [1.807, 2.05) is 17.0 Å². The Hall–Kier alpha value is -0.870. The van der Waals surface area contributed by atoms with Gasteiger partial charge in [0, 0.05) is 23.8 Å². The number of pyridine rings is 1. The SMILES string of the molecule is C=CCN(CCO)c1ccc(Br)cn1. The number of anilines is 1. The van der Waals surface area contributed by atoms with Crippen molar-refractivity contribution in [1.82, 2.24) is 4.98 Å². The molecule has 1 N–H and O–H groups in total. The average Bonchev–Trinajstić information content (AvgIpc) is 2.19. The third kappa shape index (κ3) is 3.12. The van der Waals surface area contributed by atoms with Gasteiger partial charge in [-0.2, -0.15) is 0 Å². The molecule has 0 aliphatic carbocycles. The first-order valence-corrected chi connectivity index (χ1v) is 5.15. The van der Waals surface area contributed by atoms with Gasteiger partial charge in [-0.25, -0.2) is 4.98 Å². The Bertz CT molecular complexity index is 287. The predicted molar refractivity (Wildman–Crippen MR) is 61.4 cm³/mol. The van der Waals surface area contributed by atoms with Crippen molar-refractivity contribution >= 4 is 21.7 Å². The van der Waals surface area contributed by atoms with Crippen molar-refractivity contribution in [3.05, 3.63) is 35.5 Å². The Morgan fingerprint density at radius 1 is 1.57 bits per heavy atom. The molecule has 0 aromatic carbocycles. The third-order valence-corrected chi connectivity index (χ3v) is 2.22. The molecule has 1 aromatic rings. The van der Waals surface area contributed by atoms with Crippen LogP contribution < -0.4 is 4.90 Å². The van der Waals surface area contributed by atoms with Crippen LogP contribution in [0, 0.1) is 0 Å². The Labute approximate surface area is 92.2 Å². The predicted octanol–water partition coefficient (Wildman–Crippen LogP) is 1.83. The molecule has 14 heavy (non-hydrogen) atoms. The van der Waals surface area contributed by atoms with Crippen LogP contribution in [0.4, 0.5) is 5.82 Å². The lowest BCUT2D eigenvalue weighted by Gasteiger charge is -2.20. The summed E-state index contributed by atoms with van der Waals surface area (Å²) in [7, 11) is 0. The fourth-order valence-electron chi connectivity index (χ4n) is 1.13. The molecular formula is C10H13BrN2O. The summed E-state index contributed by atoms with van der Waals surface area (Å²) in [5.74, 6) is 0.849. The van der Waals surface area contributed by atoms with Gasteiger partial charge in [-0.15, -0.1) is 6.58 Å². The molecule has 0 saturated carbocycles. The summed E-state index contributed by atoms with van der Waals surface area (Å²) in [5.41, 5.74) is 0. The molecule has 0 unspecified atom stereocenters. The normalized spacial score (nSPS) is 9.86. The molecule has 0 bridgehead atoms. The van der Waals surface area contributed by atoms with Crippen LogP contribution in [0.2, 0.25) is 0 Å². The van der Waals surface area contributed by atoms with Gasteiger partial charge in [-0.1, -0.05) is 6.08 Å². The summed E-state index contributed by atoms with van der Waals surface area (Å²) in [6, 6.07) is 3.83. The number of hydrogen-bond donors (Lipinski definition) is 1. The third-order valence-electron chi connectivity index (χ3n) is 1.76. The molecule has 0 saturated heterocycles. The molecule has 0 amide bonds. The number of aliphatic hydroxyl groups excluding tert-OH is 1. The lowest BCUT2D eigenvalue weighted by Crippen LogP contribution is -2.27. The minimum absolute atomic E-state index is 0.117. The fourth-order valence-corrected chi connectivity index (χ4v) is 1.37. The van der Waals surface area contributed by atoms with Crippen molar-refractivity contribution in [2.24, 2.45) is 0 Å². The lowest BCUT2D eigenvalue weighted by molar-refractivity contribution is 0.302. The van der Waals surface area contributed by atoms with E-state index >= 15 is 0 Å². The van der Waals surface area contributed by atoms with Crippen LogP contribution in [0.5, 0.6) is 0 Å². The Morgan fingerprint density at radius 3 is 2.86 bits per heavy atom. The Kier molecular flexibility index (Phi) is 4.62. The molecular weight excluding hydrogens is 244 g/mol. The van der Waals surface area contributed by atoms with Crippen molar-refractivity contribution in [2.75, 3.05) is 24.6 Å². The van der Waals surface area contributed by atoms with Gasteiger partial charge in [-0.3, -0.25) is 0 Å². The molecule has 0 spiro atoms. The van der Waals surface area contributed by atoms with E-state index in [0.29, 0.717) is 13.1 Å². The first-order chi connectivity index (χ1) is 6.77. The standard InChI is InChI=1S/C10H13BrN2O/c1-2-5-13(6-7-14)10-4-3-9(11)8-12-10/h2-4,8,14H,1,5-7H2. The minimum atomic E-state index is 0.117. The number of rotatable bonds is 5. The summed E-state index contributed by atoms with van der Waals surface area (Å²) in [4.78, 5) is 6.19. The van der Waals surface area contributed by atoms with Crippen molar-refractivity contribution in [1.29, 1.82) is 0 Å². The second-order valence-corrected chi connectivity index (χ2v) is 3.71. The number of aromatic nitrogens is 1. The van der Waals surface area contributed by atoms with Crippen LogP contribution in [-0.4, -0.2) is 29.8 Å². The highest BCUT2D eigenvalue weighted by molar-refractivity contribution is 9.10. The zero-order valence-electron chi connectivity index (χ0n) is 7.86. The number of nitrogens with zero attached hydrogens (tertiary/aromatic N) is 2. The van der Waals surface area contributed by atoms with Gasteiger partial charge in [0.25, 0.3) is 0 Å². The van der Waals surface area contributed by atoms with Gasteiger partial charge < -0.3 is 10.0 Å². The maximum Gasteiger partial charge on any atom is 0.128 e. The topological polar surface area (TPSA) is 36.4 Å². The highest BCUT2D eigenvalue weighted by Crippen LogP contribution is 2.14. The molecule has 0 fully saturated rings. The van der Waals surface area contributed by atoms with Crippen LogP contribution in [0.25, 0.3) is 0 Å². The average molecular weight is 257 g/mol. The first-order valence-electron chi connectivity index (χ1n) is 4.36. The molecule has 0 aliphatic rings. The molecule has 76 valence electrons. The van der Waals surface area contributed by atoms with E-state index in [0.717, 1.165) is 10.3 Å². The number of halogens is 1. The maximum atomic E-state index is 8.87. The molecule has 0 radical (unpaired) electrons. The van der Waals surface area contributed by atoms with Crippen molar-refractivity contribution in [3.8, 4) is 0 Å². The van der Waals surface area contributed by atoms with Crippen molar-refractivity contribution in [2.45, 2.75) is 0 Å². The summed E-state index contributed by atoms with van der Waals surface area (Å²) in [5, 5.41) is 8.87. The van der Waals surface area contributed by atoms with E-state index in [-0.39, 0.29) is 6.61 Å². The van der Waals surface area contributed by atoms with E-state index < -0.39 is 0 Å². The maximum absolute atomic E-state index is 8.87. The molecule has 1 heterocycles. The first kappa shape index (κ1) is 11.2. The van der Waals surface area contributed by atoms with E-state index in [9.17, 15) is 0 Å². The van der Waals surface area contributed by atoms with Gasteiger partial charge in [0.1, 0.15) is 5.82 Å². The highest BCUT2D eigenvalue weighted by Gasteiger charge is 2.04. The van der Waals surface area contributed by atoms with Crippen LogP contribution in [0.3, 0.4) is 0 Å². The molecule has 3 nitrogen and oxygen atoms in total. The smallest absolute Gasteiger partial charge is 0.128 e. The molecule has 0 atom stereocenters. The van der Waals surface area contributed by atoms with Crippen LogP contribution in [0.1, 0.15) is 0 Å². The van der Waals surface area contributed by atoms with E-state index in [4.69, 9.17) is 5.11 Å². The van der Waals surface area contributed by atoms with Crippen LogP contribution >= 0.6 is 15.9 Å². The summed E-state index contributed by atoms with van der Waals surface area (Å²) >= 11 is 3.32. The van der Waals surface area contributed by atoms with Crippen molar-refractivity contribution < 1.29 is 5.11 Å². The highest BCUT2D eigenvalue weighted by atomic mass is 79.9. The van der Waals surface area contributed by atoms with Crippen molar-refractivity contribution in [3.63, 3.8) is 0 Å². The number of hydrogen-bond acceptors (Lipinski definition) is 3. The fraction of sp³-hybridized carbons (Fsp3) is 0.300. The van der Waals surface area contributed by atoms with Gasteiger partial charge in [0.15, 0.2) is 0 Å². The van der Waals surface area contributed by atoms with E-state index in [1.165, 1.54) is 0 Å². The van der Waals surface area contributed by atoms with Gasteiger partial charge in [-0.05, 0) is 28.1 Å². The van der Waals surface area contributed by atoms with E-state index in [2.05, 4.69) is 27.5 Å². The van der Waals surface area contributed by atoms with Gasteiger partial charge in [0.05, 0.1) is 6.61 Å². The second kappa shape index (κ2) is 5.78. The van der Waals surface area contributed by atoms with Crippen LogP contribution in [0.15, 0.2) is 35.5 Å². The quantitative estimate of drug-likeness (QED) is 0.817.